The molecule has 9 heteroatoms. The van der Waals surface area contributed by atoms with Crippen LogP contribution in [0, 0.1) is 37.1 Å². The topological polar surface area (TPSA) is 138 Å². The number of carbonyl (C=O) groups is 3. The van der Waals surface area contributed by atoms with Crippen LogP contribution in [-0.4, -0.2) is 33.7 Å². The zero-order chi connectivity index (χ0) is 10.6. The molecule has 0 amide bonds. The zero-order valence-corrected chi connectivity index (χ0v) is 18.7. The van der Waals surface area contributed by atoms with Crippen LogP contribution in [0.1, 0.15) is 12.8 Å². The van der Waals surface area contributed by atoms with E-state index in [0.717, 1.165) is 0 Å². The van der Waals surface area contributed by atoms with Crippen LogP contribution in [-0.2, 0) is 53.3 Å². The van der Waals surface area contributed by atoms with Crippen LogP contribution in [0.15, 0.2) is 0 Å². The maximum Gasteiger partial charge on any atom is 2.00 e. The third-order valence-electron chi connectivity index (χ3n) is 1.26. The van der Waals surface area contributed by atoms with Crippen molar-refractivity contribution in [2.75, 3.05) is 0 Å². The fraction of sp³-hybridized carbons (Fsp3) is 0.273. The first kappa shape index (κ1) is 50.4. The van der Waals surface area contributed by atoms with Crippen LogP contribution in [0.3, 0.4) is 0 Å². The van der Waals surface area contributed by atoms with Gasteiger partial charge in [0.2, 0.25) is 0 Å². The van der Waals surface area contributed by atoms with E-state index >= 15 is 0 Å². The maximum atomic E-state index is 10.2. The molecule has 0 rings (SSSR count). The van der Waals surface area contributed by atoms with E-state index in [1.807, 2.05) is 0 Å². The Labute approximate surface area is 147 Å². The van der Waals surface area contributed by atoms with Crippen LogP contribution in [0.4, 0.5) is 0 Å². The van der Waals surface area contributed by atoms with Gasteiger partial charge in [0, 0.05) is 31.9 Å². The minimum atomic E-state index is -2.91. The molecule has 20 heavy (non-hydrogen) atoms. The molecule has 0 bridgehead atoms. The number of carboxylic acid groups (broad SMARTS) is 3. The summed E-state index contributed by atoms with van der Waals surface area (Å²) < 4.78 is 0. The Morgan fingerprint density at radius 1 is 0.900 bits per heavy atom. The van der Waals surface area contributed by atoms with E-state index in [1.54, 1.807) is 0 Å². The zero-order valence-electron chi connectivity index (χ0n) is 12.8. The Balaban J connectivity index is -0.0000000343. The van der Waals surface area contributed by atoms with E-state index in [-0.39, 0.29) is 76.1 Å². The van der Waals surface area contributed by atoms with Crippen molar-refractivity contribution in [1.29, 1.82) is 0 Å². The van der Waals surface area contributed by atoms with Crippen molar-refractivity contribution in [1.82, 2.24) is 0 Å². The van der Waals surface area contributed by atoms with Crippen molar-refractivity contribution >= 4 is 17.9 Å². The molecule has 0 radical (unpaired) electrons. The summed E-state index contributed by atoms with van der Waals surface area (Å²) in [5, 5.41) is 37.2. The first-order valence-electron chi connectivity index (χ1n) is 3.13. The van der Waals surface area contributed by atoms with Gasteiger partial charge in [-0.15, -0.1) is 0 Å². The van der Waals surface area contributed by atoms with E-state index in [9.17, 15) is 24.6 Å². The molecule has 0 aromatic carbocycles. The second-order valence-electron chi connectivity index (χ2n) is 2.44. The van der Waals surface area contributed by atoms with Crippen LogP contribution in [0.2, 0.25) is 0 Å². The van der Waals surface area contributed by atoms with Crippen molar-refractivity contribution < 1.29 is 73.8 Å². The van der Waals surface area contributed by atoms with Crippen molar-refractivity contribution in [3.8, 4) is 0 Å². The maximum absolute atomic E-state index is 10.2. The molecule has 0 aromatic heterocycles. The van der Waals surface area contributed by atoms with Gasteiger partial charge in [0.15, 0.2) is 0 Å². The quantitative estimate of drug-likeness (QED) is 0.419. The second-order valence-corrected chi connectivity index (χ2v) is 2.44. The Hall–Kier alpha value is -0.383. The number of carbonyl (C=O) groups excluding carboxylic acids is 2. The predicted octanol–water partition coefficient (Wildman–Crippen LogP) is -1.67. The Morgan fingerprint density at radius 2 is 1.20 bits per heavy atom. The molecule has 1 unspecified atom stereocenters. The van der Waals surface area contributed by atoms with Gasteiger partial charge in [0.05, 0.1) is 12.4 Å². The number of aliphatic hydroxyl groups is 1. The molecule has 1 atom stereocenters. The number of aliphatic carboxylic acids is 3. The average molecular weight is 396 g/mol. The molecular formula is C11H21O7Zn2-5. The van der Waals surface area contributed by atoms with Gasteiger partial charge >= 0.3 is 25.4 Å². The summed E-state index contributed by atoms with van der Waals surface area (Å²) in [5.41, 5.74) is -2.91. The molecule has 2 N–H and O–H groups in total. The predicted molar refractivity (Wildman–Crippen MR) is 63.9 cm³/mol. The second kappa shape index (κ2) is 20.9. The van der Waals surface area contributed by atoms with Crippen LogP contribution >= 0.6 is 0 Å². The smallest absolute Gasteiger partial charge is 0.550 e. The third-order valence-corrected chi connectivity index (χ3v) is 1.26. The van der Waals surface area contributed by atoms with Gasteiger partial charge in [-0.25, -0.2) is 0 Å². The third kappa shape index (κ3) is 19.9. The summed E-state index contributed by atoms with van der Waals surface area (Å²) in [5.74, 6) is -5.67. The van der Waals surface area contributed by atoms with Gasteiger partial charge in [-0.2, -0.15) is 0 Å². The molecule has 0 aliphatic rings. The van der Waals surface area contributed by atoms with E-state index in [2.05, 4.69) is 0 Å². The Kier molecular flexibility index (Phi) is 52.7. The number of carboxylic acids is 3. The molecule has 0 spiro atoms. The molecule has 0 aliphatic carbocycles. The molecule has 0 heterocycles. The molecule has 0 saturated heterocycles. The van der Waals surface area contributed by atoms with Gasteiger partial charge < -0.3 is 67.1 Å². The molecule has 0 fully saturated rings. The summed E-state index contributed by atoms with van der Waals surface area (Å²) in [6.07, 6.45) is -2.56. The Bertz CT molecular complexity index is 241. The summed E-state index contributed by atoms with van der Waals surface area (Å²) in [6, 6.07) is 0. The average Bonchev–Trinajstić information content (AvgIpc) is 1.82. The molecule has 0 saturated carbocycles. The molecule has 0 aliphatic heterocycles. The minimum absolute atomic E-state index is 0. The van der Waals surface area contributed by atoms with Crippen molar-refractivity contribution in [2.24, 2.45) is 0 Å². The van der Waals surface area contributed by atoms with Gasteiger partial charge in [0.1, 0.15) is 5.60 Å². The summed E-state index contributed by atoms with van der Waals surface area (Å²) >= 11 is 0. The van der Waals surface area contributed by atoms with Crippen LogP contribution in [0.5, 0.6) is 0 Å². The van der Waals surface area contributed by atoms with Gasteiger partial charge in [-0.3, -0.25) is 4.79 Å². The Morgan fingerprint density at radius 3 is 1.35 bits per heavy atom. The molecule has 7 nitrogen and oxygen atoms in total. The molecule has 0 aromatic rings. The largest absolute Gasteiger partial charge is 2.00 e. The van der Waals surface area contributed by atoms with Gasteiger partial charge in [0.25, 0.3) is 0 Å². The van der Waals surface area contributed by atoms with E-state index in [0.29, 0.717) is 0 Å². The van der Waals surface area contributed by atoms with Crippen LogP contribution < -0.4 is 10.2 Å². The molecule has 116 valence electrons. The summed E-state index contributed by atoms with van der Waals surface area (Å²) in [7, 11) is 0. The van der Waals surface area contributed by atoms with Crippen molar-refractivity contribution in [3.05, 3.63) is 37.1 Å². The van der Waals surface area contributed by atoms with Crippen molar-refractivity contribution in [2.45, 2.75) is 18.4 Å². The monoisotopic (exact) mass is 393 g/mol. The first-order valence-corrected chi connectivity index (χ1v) is 3.13. The minimum Gasteiger partial charge on any atom is -0.550 e. The van der Waals surface area contributed by atoms with E-state index < -0.39 is 36.4 Å². The standard InChI is InChI=1S/C6H8O7.5CH3.2Zn/c7-3(8)1-6(13,5(11)12)2-4(9)10;;;;;;;/h13H,1-2H2,(H,7,8)(H,9,10)(H,11,12);5*1H3;;/q;5*-1;;+2/p-2. The van der Waals surface area contributed by atoms with E-state index in [1.165, 1.54) is 0 Å². The number of hydrogen-bond donors (Lipinski definition) is 2. The fourth-order valence-corrected chi connectivity index (χ4v) is 0.696. The first-order chi connectivity index (χ1) is 5.78. The molecular weight excluding hydrogens is 375 g/mol. The number of rotatable bonds is 5. The van der Waals surface area contributed by atoms with Gasteiger partial charge in [-0.1, -0.05) is 0 Å². The summed E-state index contributed by atoms with van der Waals surface area (Å²) in [6.45, 7) is 0. The van der Waals surface area contributed by atoms with Gasteiger partial charge in [-0.05, 0) is 0 Å². The normalized spacial score (nSPS) is 9.45. The SMILES string of the molecule is O=C([O-])CC(O)(CC(=O)O)C(=O)[O-].[CH3-].[CH3-].[CH3-].[CH3-].[CH3-].[Zn+2].[Zn]. The summed E-state index contributed by atoms with van der Waals surface area (Å²) in [4.78, 5) is 30.2. The van der Waals surface area contributed by atoms with Crippen LogP contribution in [0.25, 0.3) is 0 Å². The number of hydrogen-bond acceptors (Lipinski definition) is 6. The van der Waals surface area contributed by atoms with Crippen molar-refractivity contribution in [3.63, 3.8) is 0 Å². The van der Waals surface area contributed by atoms with E-state index in [4.69, 9.17) is 10.2 Å². The fourth-order valence-electron chi connectivity index (χ4n) is 0.696.